The third-order valence-corrected chi connectivity index (χ3v) is 1.51. The molecule has 0 fully saturated rings. The van der Waals surface area contributed by atoms with Crippen LogP contribution in [-0.4, -0.2) is 31.1 Å². The normalized spacial score (nSPS) is 14.4. The number of rotatable bonds is 5. The topological polar surface area (TPSA) is 52.6 Å². The molecule has 0 aliphatic rings. The molecule has 4 nitrogen and oxygen atoms in total. The van der Waals surface area contributed by atoms with E-state index in [0.29, 0.717) is 0 Å². The smallest absolute Gasteiger partial charge is 0.302 e. The quantitative estimate of drug-likeness (QED) is 0.468. The van der Waals surface area contributed by atoms with Crippen molar-refractivity contribution in [3.8, 4) is 0 Å². The third kappa shape index (κ3) is 3.85. The summed E-state index contributed by atoms with van der Waals surface area (Å²) in [5.41, 5.74) is 0. The van der Waals surface area contributed by atoms with Gasteiger partial charge < -0.3 is 9.47 Å². The second-order valence-electron chi connectivity index (χ2n) is 2.58. The zero-order chi connectivity index (χ0) is 10.4. The molecule has 0 saturated heterocycles. The lowest BCUT2D eigenvalue weighted by atomic mass is 10.1. The van der Waals surface area contributed by atoms with Gasteiger partial charge in [0.2, 0.25) is 0 Å². The summed E-state index contributed by atoms with van der Waals surface area (Å²) >= 11 is 0. The lowest BCUT2D eigenvalue weighted by molar-refractivity contribution is -0.154. The predicted octanol–water partition coefficient (Wildman–Crippen LogP) is 0.708. The first-order chi connectivity index (χ1) is 6.02. The van der Waals surface area contributed by atoms with Crippen molar-refractivity contribution in [3.63, 3.8) is 0 Å². The molecule has 2 unspecified atom stereocenters. The summed E-state index contributed by atoms with van der Waals surface area (Å²) in [7, 11) is 1.38. The number of methoxy groups -OCH3 is 1. The molecule has 0 aliphatic carbocycles. The third-order valence-electron chi connectivity index (χ3n) is 1.51. The molecule has 13 heavy (non-hydrogen) atoms. The summed E-state index contributed by atoms with van der Waals surface area (Å²) < 4.78 is 9.66. The van der Waals surface area contributed by atoms with Crippen molar-refractivity contribution >= 4 is 11.8 Å². The molecule has 0 heterocycles. The molecule has 0 aromatic carbocycles. The second-order valence-corrected chi connectivity index (χ2v) is 2.58. The van der Waals surface area contributed by atoms with Gasteiger partial charge in [0.05, 0.1) is 0 Å². The van der Waals surface area contributed by atoms with Gasteiger partial charge >= 0.3 is 5.97 Å². The van der Waals surface area contributed by atoms with Crippen LogP contribution in [0.2, 0.25) is 0 Å². The van der Waals surface area contributed by atoms with Crippen molar-refractivity contribution in [2.45, 2.75) is 26.1 Å². The largest absolute Gasteiger partial charge is 0.460 e. The Kier molecular flexibility index (Phi) is 4.99. The molecule has 0 aliphatic heterocycles. The average Bonchev–Trinajstić information content (AvgIpc) is 2.03. The van der Waals surface area contributed by atoms with Gasteiger partial charge in [0.25, 0.3) is 0 Å². The Morgan fingerprint density at radius 2 is 2.00 bits per heavy atom. The summed E-state index contributed by atoms with van der Waals surface area (Å²) in [6, 6.07) is 0. The average molecular weight is 186 g/mol. The first-order valence-electron chi connectivity index (χ1n) is 3.89. The van der Waals surface area contributed by atoms with E-state index in [1.54, 1.807) is 6.92 Å². The molecule has 0 saturated carbocycles. The van der Waals surface area contributed by atoms with E-state index in [2.05, 4.69) is 6.58 Å². The molecule has 0 radical (unpaired) electrons. The van der Waals surface area contributed by atoms with Crippen LogP contribution in [-0.2, 0) is 19.1 Å². The van der Waals surface area contributed by atoms with Crippen molar-refractivity contribution in [1.82, 2.24) is 0 Å². The predicted molar refractivity (Wildman–Crippen MR) is 47.2 cm³/mol. The van der Waals surface area contributed by atoms with Gasteiger partial charge in [-0.15, -0.1) is 0 Å². The lowest BCUT2D eigenvalue weighted by Crippen LogP contribution is -2.35. The number of hydrogen-bond donors (Lipinski definition) is 0. The van der Waals surface area contributed by atoms with E-state index in [9.17, 15) is 9.59 Å². The minimum absolute atomic E-state index is 0.295. The highest BCUT2D eigenvalue weighted by molar-refractivity contribution is 5.93. The van der Waals surface area contributed by atoms with Crippen molar-refractivity contribution in [2.24, 2.45) is 0 Å². The SMILES string of the molecule is C=CC(=O)C(OC)C(C)OC(C)=O. The van der Waals surface area contributed by atoms with Gasteiger partial charge in [0, 0.05) is 14.0 Å². The first-order valence-corrected chi connectivity index (χ1v) is 3.89. The van der Waals surface area contributed by atoms with Crippen LogP contribution in [0.4, 0.5) is 0 Å². The molecular formula is C9H14O4. The Labute approximate surface area is 77.5 Å². The highest BCUT2D eigenvalue weighted by atomic mass is 16.6. The van der Waals surface area contributed by atoms with Crippen molar-refractivity contribution in [3.05, 3.63) is 12.7 Å². The Hall–Kier alpha value is -1.16. The fourth-order valence-electron chi connectivity index (χ4n) is 0.979. The highest BCUT2D eigenvalue weighted by Gasteiger charge is 2.24. The molecule has 0 rings (SSSR count). The van der Waals surface area contributed by atoms with Crippen LogP contribution in [0, 0.1) is 0 Å². The Morgan fingerprint density at radius 3 is 2.31 bits per heavy atom. The zero-order valence-electron chi connectivity index (χ0n) is 8.07. The summed E-state index contributed by atoms with van der Waals surface area (Å²) in [6.07, 6.45) is -0.205. The molecule has 0 N–H and O–H groups in total. The molecule has 0 aromatic heterocycles. The Morgan fingerprint density at radius 1 is 1.46 bits per heavy atom. The van der Waals surface area contributed by atoms with Crippen molar-refractivity contribution in [1.29, 1.82) is 0 Å². The monoisotopic (exact) mass is 186 g/mol. The number of carbonyl (C=O) groups excluding carboxylic acids is 2. The molecule has 2 atom stereocenters. The van der Waals surface area contributed by atoms with Crippen LogP contribution in [0.1, 0.15) is 13.8 Å². The minimum Gasteiger partial charge on any atom is -0.460 e. The molecule has 4 heteroatoms. The molecule has 0 bridgehead atoms. The maximum atomic E-state index is 11.1. The zero-order valence-corrected chi connectivity index (χ0v) is 8.07. The fourth-order valence-corrected chi connectivity index (χ4v) is 0.979. The van der Waals surface area contributed by atoms with E-state index in [0.717, 1.165) is 6.08 Å². The van der Waals surface area contributed by atoms with Crippen LogP contribution in [0.3, 0.4) is 0 Å². The van der Waals surface area contributed by atoms with E-state index in [4.69, 9.17) is 9.47 Å². The maximum absolute atomic E-state index is 11.1. The Bertz CT molecular complexity index is 210. The van der Waals surface area contributed by atoms with Gasteiger partial charge in [-0.05, 0) is 13.0 Å². The molecule has 74 valence electrons. The first kappa shape index (κ1) is 11.8. The molecule has 0 spiro atoms. The molecule has 0 aromatic rings. The minimum atomic E-state index is -0.763. The van der Waals surface area contributed by atoms with Gasteiger partial charge in [-0.25, -0.2) is 0 Å². The van der Waals surface area contributed by atoms with Crippen LogP contribution in [0.5, 0.6) is 0 Å². The van der Waals surface area contributed by atoms with Crippen LogP contribution in [0.15, 0.2) is 12.7 Å². The van der Waals surface area contributed by atoms with Crippen molar-refractivity contribution < 1.29 is 19.1 Å². The van der Waals surface area contributed by atoms with E-state index in [1.165, 1.54) is 14.0 Å². The number of ketones is 1. The maximum Gasteiger partial charge on any atom is 0.302 e. The van der Waals surface area contributed by atoms with Gasteiger partial charge in [-0.1, -0.05) is 6.58 Å². The van der Waals surface area contributed by atoms with Crippen LogP contribution >= 0.6 is 0 Å². The van der Waals surface area contributed by atoms with Gasteiger partial charge in [-0.2, -0.15) is 0 Å². The van der Waals surface area contributed by atoms with E-state index in [1.807, 2.05) is 0 Å². The number of carbonyl (C=O) groups is 2. The van der Waals surface area contributed by atoms with Crippen LogP contribution in [0.25, 0.3) is 0 Å². The van der Waals surface area contributed by atoms with E-state index >= 15 is 0 Å². The lowest BCUT2D eigenvalue weighted by Gasteiger charge is -2.19. The summed E-state index contributed by atoms with van der Waals surface area (Å²) in [5, 5.41) is 0. The highest BCUT2D eigenvalue weighted by Crippen LogP contribution is 2.05. The fraction of sp³-hybridized carbons (Fsp3) is 0.556. The van der Waals surface area contributed by atoms with Crippen molar-refractivity contribution in [2.75, 3.05) is 7.11 Å². The Balaban J connectivity index is 4.30. The van der Waals surface area contributed by atoms with E-state index in [-0.39, 0.29) is 5.78 Å². The molecular weight excluding hydrogens is 172 g/mol. The van der Waals surface area contributed by atoms with Crippen LogP contribution < -0.4 is 0 Å². The number of ether oxygens (including phenoxy) is 2. The van der Waals surface area contributed by atoms with Gasteiger partial charge in [0.15, 0.2) is 11.9 Å². The second kappa shape index (κ2) is 5.48. The molecule has 0 amide bonds. The summed E-state index contributed by atoms with van der Waals surface area (Å²) in [4.78, 5) is 21.7. The van der Waals surface area contributed by atoms with E-state index < -0.39 is 18.2 Å². The number of hydrogen-bond acceptors (Lipinski definition) is 4. The van der Waals surface area contributed by atoms with Gasteiger partial charge in [-0.3, -0.25) is 9.59 Å². The van der Waals surface area contributed by atoms with Gasteiger partial charge in [0.1, 0.15) is 6.10 Å². The summed E-state index contributed by atoms with van der Waals surface area (Å²) in [5.74, 6) is -0.734. The standard InChI is InChI=1S/C9H14O4/c1-5-8(11)9(12-4)6(2)13-7(3)10/h5-6,9H,1H2,2-4H3. The summed E-state index contributed by atoms with van der Waals surface area (Å²) in [6.45, 7) is 6.19. The number of esters is 1.